The van der Waals surface area contributed by atoms with Gasteiger partial charge in [0.2, 0.25) is 11.8 Å². The molecule has 1 aromatic heterocycles. The van der Waals surface area contributed by atoms with E-state index in [1.807, 2.05) is 30.3 Å². The van der Waals surface area contributed by atoms with Crippen LogP contribution in [-0.2, 0) is 22.6 Å². The van der Waals surface area contributed by atoms with Crippen molar-refractivity contribution in [1.29, 1.82) is 0 Å². The number of hydrogen-bond acceptors (Lipinski definition) is 4. The first-order valence-electron chi connectivity index (χ1n) is 7.78. The van der Waals surface area contributed by atoms with Crippen molar-refractivity contribution in [2.75, 3.05) is 13.1 Å². The molecule has 1 aliphatic heterocycles. The van der Waals surface area contributed by atoms with Gasteiger partial charge in [-0.25, -0.2) is 9.78 Å². The van der Waals surface area contributed by atoms with Crippen LogP contribution in [0.5, 0.6) is 0 Å². The van der Waals surface area contributed by atoms with Gasteiger partial charge >= 0.3 is 5.69 Å². The highest BCUT2D eigenvalue weighted by Gasteiger charge is 2.33. The minimum absolute atomic E-state index is 0.120. The molecule has 24 heavy (non-hydrogen) atoms. The summed E-state index contributed by atoms with van der Waals surface area (Å²) in [7, 11) is 0. The number of rotatable bonds is 4. The Bertz CT molecular complexity index is 788. The Morgan fingerprint density at radius 2 is 2.00 bits per heavy atom. The molecule has 2 aromatic rings. The van der Waals surface area contributed by atoms with E-state index in [1.165, 1.54) is 17.0 Å². The highest BCUT2D eigenvalue weighted by Crippen LogP contribution is 2.13. The molecule has 1 fully saturated rings. The maximum Gasteiger partial charge on any atom is 0.347 e. The summed E-state index contributed by atoms with van der Waals surface area (Å²) in [5.41, 5.74) is 0.503. The van der Waals surface area contributed by atoms with Crippen molar-refractivity contribution >= 4 is 11.8 Å². The number of benzene rings is 1. The van der Waals surface area contributed by atoms with Gasteiger partial charge in [0.1, 0.15) is 12.6 Å². The maximum atomic E-state index is 12.6. The predicted molar refractivity (Wildman–Crippen MR) is 87.2 cm³/mol. The lowest BCUT2D eigenvalue weighted by molar-refractivity contribution is -0.143. The molecule has 0 saturated carbocycles. The Labute approximate surface area is 138 Å². The molecule has 0 aliphatic carbocycles. The number of aromatic nitrogens is 2. The van der Waals surface area contributed by atoms with Crippen LogP contribution < -0.4 is 11.0 Å². The van der Waals surface area contributed by atoms with Crippen LogP contribution in [0.3, 0.4) is 0 Å². The summed E-state index contributed by atoms with van der Waals surface area (Å²) in [6.45, 7) is 0.722. The van der Waals surface area contributed by atoms with Crippen molar-refractivity contribution in [1.82, 2.24) is 19.8 Å². The first-order valence-corrected chi connectivity index (χ1v) is 7.78. The molecule has 3 rings (SSSR count). The summed E-state index contributed by atoms with van der Waals surface area (Å²) in [4.78, 5) is 41.7. The summed E-state index contributed by atoms with van der Waals surface area (Å²) in [6.07, 6.45) is 3.35. The number of amides is 2. The Hall–Kier alpha value is -2.96. The van der Waals surface area contributed by atoms with Crippen LogP contribution in [0.4, 0.5) is 0 Å². The van der Waals surface area contributed by atoms with Crippen molar-refractivity contribution in [3.8, 4) is 0 Å². The third-order valence-electron chi connectivity index (χ3n) is 4.01. The topological polar surface area (TPSA) is 84.3 Å². The van der Waals surface area contributed by atoms with Gasteiger partial charge in [0.15, 0.2) is 0 Å². The van der Waals surface area contributed by atoms with Crippen molar-refractivity contribution in [2.45, 2.75) is 19.0 Å². The average Bonchev–Trinajstić information content (AvgIpc) is 2.59. The van der Waals surface area contributed by atoms with E-state index < -0.39 is 11.7 Å². The van der Waals surface area contributed by atoms with Crippen LogP contribution >= 0.6 is 0 Å². The molecular weight excluding hydrogens is 308 g/mol. The average molecular weight is 326 g/mol. The summed E-state index contributed by atoms with van der Waals surface area (Å²) in [6, 6.07) is 10.6. The molecule has 0 bridgehead atoms. The molecule has 124 valence electrons. The summed E-state index contributed by atoms with van der Waals surface area (Å²) in [5, 5.41) is 2.80. The van der Waals surface area contributed by atoms with E-state index in [4.69, 9.17) is 0 Å². The molecule has 0 radical (unpaired) electrons. The van der Waals surface area contributed by atoms with Gasteiger partial charge < -0.3 is 10.2 Å². The smallest absolute Gasteiger partial charge is 0.347 e. The first-order chi connectivity index (χ1) is 11.6. The molecule has 0 unspecified atom stereocenters. The molecule has 1 aromatic carbocycles. The summed E-state index contributed by atoms with van der Waals surface area (Å²) in [5.74, 6) is -0.433. The summed E-state index contributed by atoms with van der Waals surface area (Å²) >= 11 is 0. The van der Waals surface area contributed by atoms with Crippen molar-refractivity contribution in [3.05, 3.63) is 64.8 Å². The molecule has 1 atom stereocenters. The van der Waals surface area contributed by atoms with E-state index >= 15 is 0 Å². The van der Waals surface area contributed by atoms with Crippen LogP contribution in [0.1, 0.15) is 5.56 Å². The van der Waals surface area contributed by atoms with Gasteiger partial charge in [0, 0.05) is 31.9 Å². The van der Waals surface area contributed by atoms with E-state index in [0.717, 1.165) is 5.56 Å². The van der Waals surface area contributed by atoms with E-state index in [-0.39, 0.29) is 18.4 Å². The number of nitrogens with one attached hydrogen (secondary N) is 1. The monoisotopic (exact) mass is 326 g/mol. The molecular formula is C17H18N4O3. The summed E-state index contributed by atoms with van der Waals surface area (Å²) < 4.78 is 1.24. The highest BCUT2D eigenvalue weighted by atomic mass is 16.2. The fourth-order valence-electron chi connectivity index (χ4n) is 2.80. The number of piperazine rings is 1. The third kappa shape index (κ3) is 3.51. The molecule has 1 N–H and O–H groups in total. The van der Waals surface area contributed by atoms with Crippen LogP contribution in [-0.4, -0.2) is 45.4 Å². The van der Waals surface area contributed by atoms with E-state index in [0.29, 0.717) is 19.5 Å². The molecule has 1 saturated heterocycles. The van der Waals surface area contributed by atoms with E-state index in [2.05, 4.69) is 10.3 Å². The molecule has 2 amide bonds. The van der Waals surface area contributed by atoms with Gasteiger partial charge in [-0.2, -0.15) is 0 Å². The van der Waals surface area contributed by atoms with Crippen molar-refractivity contribution in [3.63, 3.8) is 0 Å². The second kappa shape index (κ2) is 7.08. The Morgan fingerprint density at radius 1 is 1.21 bits per heavy atom. The lowest BCUT2D eigenvalue weighted by Gasteiger charge is -2.35. The lowest BCUT2D eigenvalue weighted by Crippen LogP contribution is -2.58. The fourth-order valence-corrected chi connectivity index (χ4v) is 2.80. The minimum atomic E-state index is -0.568. The van der Waals surface area contributed by atoms with E-state index in [9.17, 15) is 14.4 Å². The number of hydrogen-bond donors (Lipinski definition) is 1. The van der Waals surface area contributed by atoms with Crippen molar-refractivity contribution < 1.29 is 9.59 Å². The normalized spacial score (nSPS) is 17.4. The fraction of sp³-hybridized carbons (Fsp3) is 0.294. The van der Waals surface area contributed by atoms with Gasteiger partial charge in [-0.3, -0.25) is 14.2 Å². The molecule has 1 aliphatic rings. The predicted octanol–water partition coefficient (Wildman–Crippen LogP) is -0.187. The maximum absolute atomic E-state index is 12.6. The van der Waals surface area contributed by atoms with Crippen LogP contribution in [0.2, 0.25) is 0 Å². The third-order valence-corrected chi connectivity index (χ3v) is 4.01. The molecule has 7 heteroatoms. The standard InChI is InChI=1S/C17H18N4O3/c22-15(12-20-9-4-7-19-17(20)24)21-10-8-18-16(23)14(21)11-13-5-2-1-3-6-13/h1-7,9,14H,8,10-12H2,(H,18,23)/t14-/m1/s1. The molecule has 7 nitrogen and oxygen atoms in total. The Morgan fingerprint density at radius 3 is 2.75 bits per heavy atom. The lowest BCUT2D eigenvalue weighted by atomic mass is 10.0. The number of carbonyl (C=O) groups is 2. The zero-order valence-electron chi connectivity index (χ0n) is 13.1. The van der Waals surface area contributed by atoms with Gasteiger partial charge in [-0.15, -0.1) is 0 Å². The minimum Gasteiger partial charge on any atom is -0.353 e. The van der Waals surface area contributed by atoms with Crippen LogP contribution in [0.15, 0.2) is 53.6 Å². The number of carbonyl (C=O) groups excluding carboxylic acids is 2. The van der Waals surface area contributed by atoms with Gasteiger partial charge in [0.25, 0.3) is 0 Å². The van der Waals surface area contributed by atoms with Crippen LogP contribution in [0, 0.1) is 0 Å². The van der Waals surface area contributed by atoms with Gasteiger partial charge in [0.05, 0.1) is 0 Å². The zero-order valence-corrected chi connectivity index (χ0v) is 13.1. The molecule has 0 spiro atoms. The first kappa shape index (κ1) is 15.9. The zero-order chi connectivity index (χ0) is 16.9. The Balaban J connectivity index is 1.78. The Kier molecular flexibility index (Phi) is 4.69. The van der Waals surface area contributed by atoms with Crippen molar-refractivity contribution in [2.24, 2.45) is 0 Å². The second-order valence-electron chi connectivity index (χ2n) is 5.61. The SMILES string of the molecule is O=C1NCCN(C(=O)Cn2cccnc2=O)[C@@H]1Cc1ccccc1. The van der Waals surface area contributed by atoms with Crippen LogP contribution in [0.25, 0.3) is 0 Å². The van der Waals surface area contributed by atoms with Gasteiger partial charge in [-0.1, -0.05) is 30.3 Å². The second-order valence-corrected chi connectivity index (χ2v) is 5.61. The number of nitrogens with zero attached hydrogens (tertiary/aromatic N) is 3. The van der Waals surface area contributed by atoms with E-state index in [1.54, 1.807) is 11.0 Å². The largest absolute Gasteiger partial charge is 0.353 e. The van der Waals surface area contributed by atoms with Gasteiger partial charge in [-0.05, 0) is 11.6 Å². The molecule has 2 heterocycles. The quantitative estimate of drug-likeness (QED) is 0.844. The highest BCUT2D eigenvalue weighted by molar-refractivity contribution is 5.89.